The van der Waals surface area contributed by atoms with Crippen molar-refractivity contribution >= 4 is 0 Å². The van der Waals surface area contributed by atoms with Gasteiger partial charge in [0.25, 0.3) is 0 Å². The third kappa shape index (κ3) is 3.37. The van der Waals surface area contributed by atoms with E-state index in [1.807, 2.05) is 0 Å². The average molecular weight is 263 g/mol. The average Bonchev–Trinajstić information content (AvgIpc) is 3.09. The van der Waals surface area contributed by atoms with Crippen molar-refractivity contribution in [3.05, 3.63) is 18.0 Å². The molecule has 19 heavy (non-hydrogen) atoms. The molecule has 0 aromatic carbocycles. The first kappa shape index (κ1) is 13.1. The van der Waals surface area contributed by atoms with Crippen LogP contribution in [0.25, 0.3) is 0 Å². The molecule has 1 aromatic heterocycles. The topological polar surface area (TPSA) is 53.1 Å². The van der Waals surface area contributed by atoms with Crippen LogP contribution in [0.15, 0.2) is 12.3 Å². The maximum Gasteiger partial charge on any atom is 0.0640 e. The number of aromatic nitrogens is 2. The molecule has 4 heteroatoms. The second kappa shape index (κ2) is 6.06. The highest BCUT2D eigenvalue weighted by molar-refractivity contribution is 5.02. The highest BCUT2D eigenvalue weighted by atomic mass is 16.5. The Hall–Kier alpha value is -0.870. The van der Waals surface area contributed by atoms with Gasteiger partial charge in [-0.2, -0.15) is 5.10 Å². The molecule has 0 radical (unpaired) electrons. The first-order valence-electron chi connectivity index (χ1n) is 7.72. The van der Waals surface area contributed by atoms with Crippen molar-refractivity contribution < 1.29 is 4.74 Å². The van der Waals surface area contributed by atoms with Crippen molar-refractivity contribution in [3.63, 3.8) is 0 Å². The molecule has 0 bridgehead atoms. The smallest absolute Gasteiger partial charge is 0.0640 e. The first-order chi connectivity index (χ1) is 9.31. The molecule has 2 aliphatic rings. The molecule has 3 rings (SSSR count). The lowest BCUT2D eigenvalue weighted by Crippen LogP contribution is -2.28. The monoisotopic (exact) mass is 263 g/mol. The van der Waals surface area contributed by atoms with Crippen LogP contribution in [-0.2, 0) is 11.2 Å². The van der Waals surface area contributed by atoms with Crippen LogP contribution in [-0.4, -0.2) is 28.5 Å². The fourth-order valence-corrected chi connectivity index (χ4v) is 3.38. The first-order valence-corrected chi connectivity index (χ1v) is 7.72. The summed E-state index contributed by atoms with van der Waals surface area (Å²) in [7, 11) is 0. The highest BCUT2D eigenvalue weighted by Crippen LogP contribution is 2.28. The van der Waals surface area contributed by atoms with Gasteiger partial charge >= 0.3 is 0 Å². The van der Waals surface area contributed by atoms with Gasteiger partial charge in [-0.15, -0.1) is 0 Å². The standard InChI is InChI=1S/C15H25N3O/c16-12(11-15-6-3-9-19-15)10-13-7-8-18(17-13)14-4-1-2-5-14/h7-8,12,14-15H,1-6,9-11,16H2. The molecule has 1 aliphatic heterocycles. The number of nitrogens with zero attached hydrogens (tertiary/aromatic N) is 2. The second-order valence-corrected chi connectivity index (χ2v) is 6.06. The van der Waals surface area contributed by atoms with Gasteiger partial charge in [0.2, 0.25) is 0 Å². The van der Waals surface area contributed by atoms with E-state index in [9.17, 15) is 0 Å². The third-order valence-corrected chi connectivity index (χ3v) is 4.42. The summed E-state index contributed by atoms with van der Waals surface area (Å²) in [5.74, 6) is 0. The minimum absolute atomic E-state index is 0.176. The number of hydrogen-bond acceptors (Lipinski definition) is 3. The van der Waals surface area contributed by atoms with Crippen molar-refractivity contribution in [2.75, 3.05) is 6.61 Å². The number of nitrogens with two attached hydrogens (primary N) is 1. The van der Waals surface area contributed by atoms with Crippen molar-refractivity contribution in [3.8, 4) is 0 Å². The zero-order valence-corrected chi connectivity index (χ0v) is 11.6. The van der Waals surface area contributed by atoms with E-state index in [-0.39, 0.29) is 6.04 Å². The van der Waals surface area contributed by atoms with Gasteiger partial charge < -0.3 is 10.5 Å². The van der Waals surface area contributed by atoms with Crippen LogP contribution in [0.1, 0.15) is 56.7 Å². The lowest BCUT2D eigenvalue weighted by Gasteiger charge is -2.15. The minimum Gasteiger partial charge on any atom is -0.378 e. The van der Waals surface area contributed by atoms with Crippen LogP contribution in [0.5, 0.6) is 0 Å². The molecule has 1 aliphatic carbocycles. The Morgan fingerprint density at radius 3 is 2.89 bits per heavy atom. The molecular formula is C15H25N3O. The third-order valence-electron chi connectivity index (χ3n) is 4.42. The normalized spacial score (nSPS) is 26.1. The van der Waals surface area contributed by atoms with E-state index in [1.165, 1.54) is 38.5 Å². The Kier molecular flexibility index (Phi) is 4.18. The van der Waals surface area contributed by atoms with Crippen LogP contribution >= 0.6 is 0 Å². The lowest BCUT2D eigenvalue weighted by molar-refractivity contribution is 0.0982. The van der Waals surface area contributed by atoms with Gasteiger partial charge in [-0.05, 0) is 38.2 Å². The van der Waals surface area contributed by atoms with Gasteiger partial charge in [0.15, 0.2) is 0 Å². The SMILES string of the molecule is NC(Cc1ccn(C2CCCC2)n1)CC1CCCO1. The lowest BCUT2D eigenvalue weighted by atomic mass is 10.0. The summed E-state index contributed by atoms with van der Waals surface area (Å²) < 4.78 is 7.80. The Morgan fingerprint density at radius 1 is 1.32 bits per heavy atom. The van der Waals surface area contributed by atoms with Gasteiger partial charge in [0.1, 0.15) is 0 Å². The van der Waals surface area contributed by atoms with Gasteiger partial charge in [-0.25, -0.2) is 0 Å². The number of ether oxygens (including phenoxy) is 1. The molecule has 106 valence electrons. The summed E-state index contributed by atoms with van der Waals surface area (Å²) in [4.78, 5) is 0. The quantitative estimate of drug-likeness (QED) is 0.887. The van der Waals surface area contributed by atoms with Crippen LogP contribution in [0.3, 0.4) is 0 Å². The Balaban J connectivity index is 1.51. The predicted octanol–water partition coefficient (Wildman–Crippen LogP) is 2.44. The summed E-state index contributed by atoms with van der Waals surface area (Å²) in [6, 6.07) is 2.94. The van der Waals surface area contributed by atoms with Gasteiger partial charge in [0, 0.05) is 25.3 Å². The van der Waals surface area contributed by atoms with Crippen LogP contribution in [0.2, 0.25) is 0 Å². The molecule has 4 nitrogen and oxygen atoms in total. The van der Waals surface area contributed by atoms with Gasteiger partial charge in [-0.3, -0.25) is 4.68 Å². The van der Waals surface area contributed by atoms with Gasteiger partial charge in [0.05, 0.1) is 17.8 Å². The maximum absolute atomic E-state index is 6.22. The fourth-order valence-electron chi connectivity index (χ4n) is 3.38. The summed E-state index contributed by atoms with van der Waals surface area (Å²) in [5.41, 5.74) is 7.36. The van der Waals surface area contributed by atoms with Gasteiger partial charge in [-0.1, -0.05) is 12.8 Å². The van der Waals surface area contributed by atoms with E-state index in [4.69, 9.17) is 15.6 Å². The summed E-state index contributed by atoms with van der Waals surface area (Å²) in [6.45, 7) is 0.910. The van der Waals surface area contributed by atoms with Crippen molar-refractivity contribution in [1.82, 2.24) is 9.78 Å². The van der Waals surface area contributed by atoms with E-state index in [2.05, 4.69) is 16.9 Å². The molecule has 2 N–H and O–H groups in total. The molecule has 2 heterocycles. The molecule has 2 unspecified atom stereocenters. The second-order valence-electron chi connectivity index (χ2n) is 6.06. The van der Waals surface area contributed by atoms with Crippen LogP contribution in [0.4, 0.5) is 0 Å². The molecular weight excluding hydrogens is 238 g/mol. The zero-order valence-electron chi connectivity index (χ0n) is 11.6. The molecule has 1 saturated heterocycles. The Bertz CT molecular complexity index is 392. The largest absolute Gasteiger partial charge is 0.378 e. The maximum atomic E-state index is 6.22. The summed E-state index contributed by atoms with van der Waals surface area (Å²) in [5, 5.41) is 4.70. The number of rotatable bonds is 5. The van der Waals surface area contributed by atoms with E-state index < -0.39 is 0 Å². The van der Waals surface area contributed by atoms with Crippen molar-refractivity contribution in [1.29, 1.82) is 0 Å². The minimum atomic E-state index is 0.176. The van der Waals surface area contributed by atoms with E-state index in [0.29, 0.717) is 12.1 Å². The van der Waals surface area contributed by atoms with Crippen molar-refractivity contribution in [2.24, 2.45) is 5.73 Å². The van der Waals surface area contributed by atoms with Crippen LogP contribution in [0, 0.1) is 0 Å². The molecule has 1 saturated carbocycles. The van der Waals surface area contributed by atoms with E-state index >= 15 is 0 Å². The van der Waals surface area contributed by atoms with E-state index in [0.717, 1.165) is 25.1 Å². The Labute approximate surface area is 115 Å². The Morgan fingerprint density at radius 2 is 2.16 bits per heavy atom. The van der Waals surface area contributed by atoms with Crippen LogP contribution < -0.4 is 5.73 Å². The summed E-state index contributed by atoms with van der Waals surface area (Å²) >= 11 is 0. The molecule has 0 amide bonds. The zero-order chi connectivity index (χ0) is 13.1. The highest BCUT2D eigenvalue weighted by Gasteiger charge is 2.21. The molecule has 1 aromatic rings. The molecule has 2 atom stereocenters. The molecule has 0 spiro atoms. The van der Waals surface area contributed by atoms with Crippen molar-refractivity contribution in [2.45, 2.75) is 69.6 Å². The molecule has 2 fully saturated rings. The summed E-state index contributed by atoms with van der Waals surface area (Å²) in [6.07, 6.45) is 12.0. The van der Waals surface area contributed by atoms with E-state index in [1.54, 1.807) is 0 Å². The fraction of sp³-hybridized carbons (Fsp3) is 0.800. The predicted molar refractivity (Wildman–Crippen MR) is 75.0 cm³/mol. The number of hydrogen-bond donors (Lipinski definition) is 1.